The average Bonchev–Trinajstić information content (AvgIpc) is 3.04. The second-order valence-corrected chi connectivity index (χ2v) is 9.01. The first-order valence-corrected chi connectivity index (χ1v) is 11.2. The molecule has 0 spiro atoms. The van der Waals surface area contributed by atoms with Crippen LogP contribution >= 0.6 is 0 Å². The van der Waals surface area contributed by atoms with E-state index < -0.39 is 10.0 Å². The van der Waals surface area contributed by atoms with Crippen LogP contribution in [0, 0.1) is 12.8 Å². The van der Waals surface area contributed by atoms with Crippen LogP contribution in [0.4, 0.5) is 0 Å². The molecule has 28 heavy (non-hydrogen) atoms. The van der Waals surface area contributed by atoms with Crippen LogP contribution in [0.5, 0.6) is 0 Å². The molecule has 7 nitrogen and oxygen atoms in total. The number of hydrogen-bond acceptors (Lipinski definition) is 5. The third kappa shape index (κ3) is 4.09. The maximum atomic E-state index is 12.8. The van der Waals surface area contributed by atoms with Crippen molar-refractivity contribution >= 4 is 26.9 Å². The van der Waals surface area contributed by atoms with E-state index in [1.165, 1.54) is 10.4 Å². The fourth-order valence-electron chi connectivity index (χ4n) is 3.56. The summed E-state index contributed by atoms with van der Waals surface area (Å²) in [4.78, 5) is 12.8. The van der Waals surface area contributed by atoms with Crippen molar-refractivity contribution in [2.45, 2.75) is 38.5 Å². The number of fused-ring (bicyclic) bond motifs is 1. The summed E-state index contributed by atoms with van der Waals surface area (Å²) in [5, 5.41) is 3.58. The molecule has 1 aromatic carbocycles. The van der Waals surface area contributed by atoms with Crippen LogP contribution < -0.4 is 5.32 Å². The van der Waals surface area contributed by atoms with Crippen LogP contribution in [0.3, 0.4) is 0 Å². The lowest BCUT2D eigenvalue weighted by molar-refractivity contribution is 0.0639. The predicted octanol–water partition coefficient (Wildman–Crippen LogP) is 2.93. The molecule has 0 aliphatic carbocycles. The van der Waals surface area contributed by atoms with Crippen LogP contribution in [0.1, 0.15) is 42.8 Å². The molecule has 1 aromatic heterocycles. The Morgan fingerprint density at radius 3 is 2.54 bits per heavy atom. The van der Waals surface area contributed by atoms with E-state index in [9.17, 15) is 13.2 Å². The van der Waals surface area contributed by atoms with Crippen molar-refractivity contribution in [1.82, 2.24) is 9.62 Å². The lowest BCUT2D eigenvalue weighted by Gasteiger charge is -2.21. The molecule has 0 saturated carbocycles. The van der Waals surface area contributed by atoms with E-state index in [4.69, 9.17) is 9.15 Å². The summed E-state index contributed by atoms with van der Waals surface area (Å²) in [7, 11) is -3.57. The average molecular weight is 409 g/mol. The van der Waals surface area contributed by atoms with Gasteiger partial charge in [-0.1, -0.05) is 13.8 Å². The monoisotopic (exact) mass is 408 g/mol. The Morgan fingerprint density at radius 2 is 1.89 bits per heavy atom. The SMILES string of the molecule is CCN(CC)S(=O)(=O)c1ccc2oc(C(=O)NCC3CCOCC3)c(C)c2c1. The Labute approximate surface area is 166 Å². The fourth-order valence-corrected chi connectivity index (χ4v) is 5.04. The summed E-state index contributed by atoms with van der Waals surface area (Å²) < 4.78 is 38.0. The third-order valence-corrected chi connectivity index (χ3v) is 7.40. The van der Waals surface area contributed by atoms with Gasteiger partial charge < -0.3 is 14.5 Å². The van der Waals surface area contributed by atoms with Gasteiger partial charge in [-0.25, -0.2) is 8.42 Å². The van der Waals surface area contributed by atoms with Gasteiger partial charge in [0.15, 0.2) is 5.76 Å². The summed E-state index contributed by atoms with van der Waals surface area (Å²) >= 11 is 0. The topological polar surface area (TPSA) is 88.9 Å². The Hall–Kier alpha value is -1.90. The van der Waals surface area contributed by atoms with Gasteiger partial charge in [-0.3, -0.25) is 4.79 Å². The van der Waals surface area contributed by atoms with Gasteiger partial charge in [-0.2, -0.15) is 4.31 Å². The van der Waals surface area contributed by atoms with Crippen LogP contribution in [-0.2, 0) is 14.8 Å². The molecule has 2 aromatic rings. The minimum atomic E-state index is -3.57. The van der Waals surface area contributed by atoms with Crippen molar-refractivity contribution in [3.8, 4) is 0 Å². The molecular weight excluding hydrogens is 380 g/mol. The van der Waals surface area contributed by atoms with E-state index in [2.05, 4.69) is 5.32 Å². The molecule has 1 N–H and O–H groups in total. The predicted molar refractivity (Wildman–Crippen MR) is 107 cm³/mol. The molecule has 1 aliphatic heterocycles. The zero-order valence-corrected chi connectivity index (χ0v) is 17.5. The first-order chi connectivity index (χ1) is 13.4. The molecule has 0 unspecified atom stereocenters. The van der Waals surface area contributed by atoms with E-state index in [-0.39, 0.29) is 16.6 Å². The van der Waals surface area contributed by atoms with Gasteiger partial charge in [-0.15, -0.1) is 0 Å². The Bertz CT molecular complexity index is 941. The van der Waals surface area contributed by atoms with Crippen LogP contribution in [0.15, 0.2) is 27.5 Å². The van der Waals surface area contributed by atoms with E-state index in [0.29, 0.717) is 42.1 Å². The summed E-state index contributed by atoms with van der Waals surface area (Å²) in [6.45, 7) is 8.25. The van der Waals surface area contributed by atoms with Gasteiger partial charge in [0.05, 0.1) is 4.90 Å². The second-order valence-electron chi connectivity index (χ2n) is 7.07. The Balaban J connectivity index is 1.84. The highest BCUT2D eigenvalue weighted by Crippen LogP contribution is 2.29. The van der Waals surface area contributed by atoms with E-state index in [1.54, 1.807) is 19.1 Å². The minimum Gasteiger partial charge on any atom is -0.451 e. The van der Waals surface area contributed by atoms with Gasteiger partial charge in [0, 0.05) is 43.8 Å². The molecule has 154 valence electrons. The summed E-state index contributed by atoms with van der Waals surface area (Å²) in [6, 6.07) is 4.74. The molecule has 2 heterocycles. The zero-order chi connectivity index (χ0) is 20.3. The number of sulfonamides is 1. The number of furan rings is 1. The maximum absolute atomic E-state index is 12.8. The zero-order valence-electron chi connectivity index (χ0n) is 16.7. The number of nitrogens with zero attached hydrogens (tertiary/aromatic N) is 1. The summed E-state index contributed by atoms with van der Waals surface area (Å²) in [5.74, 6) is 0.376. The number of carbonyl (C=O) groups is 1. The number of amides is 1. The molecule has 1 saturated heterocycles. The van der Waals surface area contributed by atoms with Crippen molar-refractivity contribution in [2.24, 2.45) is 5.92 Å². The lowest BCUT2D eigenvalue weighted by Crippen LogP contribution is -2.32. The molecule has 8 heteroatoms. The Kier molecular flexibility index (Phi) is 6.42. The largest absolute Gasteiger partial charge is 0.451 e. The number of nitrogens with one attached hydrogen (secondary N) is 1. The first kappa shape index (κ1) is 20.8. The van der Waals surface area contributed by atoms with Gasteiger partial charge in [0.1, 0.15) is 5.58 Å². The Morgan fingerprint density at radius 1 is 1.21 bits per heavy atom. The van der Waals surface area contributed by atoms with Crippen molar-refractivity contribution in [2.75, 3.05) is 32.8 Å². The molecule has 1 amide bonds. The lowest BCUT2D eigenvalue weighted by atomic mass is 10.0. The third-order valence-electron chi connectivity index (χ3n) is 5.35. The van der Waals surface area contributed by atoms with E-state index in [1.807, 2.05) is 13.8 Å². The smallest absolute Gasteiger partial charge is 0.287 e. The van der Waals surface area contributed by atoms with Crippen LogP contribution in [-0.4, -0.2) is 51.5 Å². The summed E-state index contributed by atoms with van der Waals surface area (Å²) in [5.41, 5.74) is 1.16. The minimum absolute atomic E-state index is 0.210. The molecular formula is C20H28N2O5S. The molecule has 1 fully saturated rings. The van der Waals surface area contributed by atoms with Crippen LogP contribution in [0.2, 0.25) is 0 Å². The normalized spacial score (nSPS) is 16.0. The first-order valence-electron chi connectivity index (χ1n) is 9.77. The number of carbonyl (C=O) groups excluding carboxylic acids is 1. The number of aryl methyl sites for hydroxylation is 1. The maximum Gasteiger partial charge on any atom is 0.287 e. The van der Waals surface area contributed by atoms with E-state index >= 15 is 0 Å². The van der Waals surface area contributed by atoms with Gasteiger partial charge in [0.25, 0.3) is 5.91 Å². The van der Waals surface area contributed by atoms with Gasteiger partial charge in [0.2, 0.25) is 10.0 Å². The highest BCUT2D eigenvalue weighted by molar-refractivity contribution is 7.89. The molecule has 0 atom stereocenters. The van der Waals surface area contributed by atoms with Gasteiger partial charge in [-0.05, 0) is 43.9 Å². The fraction of sp³-hybridized carbons (Fsp3) is 0.550. The molecule has 0 bridgehead atoms. The second kappa shape index (κ2) is 8.63. The number of ether oxygens (including phenoxy) is 1. The van der Waals surface area contributed by atoms with Crippen molar-refractivity contribution < 1.29 is 22.4 Å². The van der Waals surface area contributed by atoms with Crippen molar-refractivity contribution in [3.05, 3.63) is 29.5 Å². The van der Waals surface area contributed by atoms with Gasteiger partial charge >= 0.3 is 0 Å². The molecule has 3 rings (SSSR count). The number of rotatable bonds is 7. The highest BCUT2D eigenvalue weighted by Gasteiger charge is 2.25. The standard InChI is InChI=1S/C20H28N2O5S/c1-4-22(5-2)28(24,25)16-6-7-18-17(12-16)14(3)19(27-18)20(23)21-13-15-8-10-26-11-9-15/h6-7,12,15H,4-5,8-11,13H2,1-3H3,(H,21,23). The van der Waals surface area contributed by atoms with Crippen molar-refractivity contribution in [1.29, 1.82) is 0 Å². The van der Waals surface area contributed by atoms with Crippen molar-refractivity contribution in [3.63, 3.8) is 0 Å². The number of hydrogen-bond donors (Lipinski definition) is 1. The molecule has 1 aliphatic rings. The highest BCUT2D eigenvalue weighted by atomic mass is 32.2. The quantitative estimate of drug-likeness (QED) is 0.761. The molecule has 0 radical (unpaired) electrons. The number of benzene rings is 1. The summed E-state index contributed by atoms with van der Waals surface area (Å²) in [6.07, 6.45) is 1.87. The van der Waals surface area contributed by atoms with E-state index in [0.717, 1.165) is 26.1 Å². The van der Waals surface area contributed by atoms with Crippen LogP contribution in [0.25, 0.3) is 11.0 Å².